The van der Waals surface area contributed by atoms with Gasteiger partial charge in [0, 0.05) is 0 Å². The summed E-state index contributed by atoms with van der Waals surface area (Å²) in [4.78, 5) is 9.97. The number of carbonyl (C=O) groups is 1. The average Bonchev–Trinajstić information content (AvgIpc) is 2.12. The van der Waals surface area contributed by atoms with Gasteiger partial charge in [0.05, 0.1) is 12.0 Å². The Hall–Kier alpha value is -0.200. The summed E-state index contributed by atoms with van der Waals surface area (Å²) in [5.41, 5.74) is 0. The maximum Gasteiger partial charge on any atom is 0.150 e. The Bertz CT molecular complexity index is 142. The van der Waals surface area contributed by atoms with Crippen molar-refractivity contribution in [3.63, 3.8) is 0 Å². The van der Waals surface area contributed by atoms with Crippen molar-refractivity contribution in [2.24, 2.45) is 0 Å². The minimum atomic E-state index is -1.55. The number of aliphatic hydroxyl groups excluding tert-OH is 4. The predicted molar refractivity (Wildman–Crippen MR) is 40.8 cm³/mol. The van der Waals surface area contributed by atoms with Crippen LogP contribution in [0.5, 0.6) is 0 Å². The number of aldehydes is 1. The zero-order valence-corrected chi connectivity index (χ0v) is 6.92. The SMILES string of the molecule is O=CC(O)C(Cl)C(O)C(O)CO. The molecule has 0 rings (SSSR count). The van der Waals surface area contributed by atoms with Gasteiger partial charge in [0.25, 0.3) is 0 Å². The Balaban J connectivity index is 4.07. The Morgan fingerprint density at radius 3 is 2.17 bits per heavy atom. The molecule has 0 radical (unpaired) electrons. The van der Waals surface area contributed by atoms with Crippen molar-refractivity contribution in [2.75, 3.05) is 6.61 Å². The van der Waals surface area contributed by atoms with Gasteiger partial charge >= 0.3 is 0 Å². The van der Waals surface area contributed by atoms with Crippen molar-refractivity contribution in [1.29, 1.82) is 0 Å². The molecule has 0 aliphatic carbocycles. The van der Waals surface area contributed by atoms with Gasteiger partial charge in [-0.15, -0.1) is 11.6 Å². The van der Waals surface area contributed by atoms with Crippen LogP contribution in [0.2, 0.25) is 0 Å². The van der Waals surface area contributed by atoms with Gasteiger partial charge in [-0.05, 0) is 0 Å². The van der Waals surface area contributed by atoms with Crippen LogP contribution < -0.4 is 0 Å². The number of hydrogen-bond acceptors (Lipinski definition) is 5. The van der Waals surface area contributed by atoms with Gasteiger partial charge in [-0.1, -0.05) is 0 Å². The first-order valence-corrected chi connectivity index (χ1v) is 3.72. The fraction of sp³-hybridized carbons (Fsp3) is 0.833. The highest BCUT2D eigenvalue weighted by Crippen LogP contribution is 2.10. The minimum Gasteiger partial charge on any atom is -0.394 e. The van der Waals surface area contributed by atoms with E-state index < -0.39 is 30.3 Å². The lowest BCUT2D eigenvalue weighted by atomic mass is 10.1. The molecule has 0 aliphatic rings. The molecule has 4 N–H and O–H groups in total. The van der Waals surface area contributed by atoms with E-state index >= 15 is 0 Å². The minimum absolute atomic E-state index is 0.144. The van der Waals surface area contributed by atoms with Gasteiger partial charge in [-0.2, -0.15) is 0 Å². The largest absolute Gasteiger partial charge is 0.394 e. The van der Waals surface area contributed by atoms with E-state index in [1.807, 2.05) is 0 Å². The Kier molecular flexibility index (Phi) is 5.36. The van der Waals surface area contributed by atoms with Gasteiger partial charge in [0.15, 0.2) is 0 Å². The second-order valence-corrected chi connectivity index (χ2v) is 2.82. The van der Waals surface area contributed by atoms with Crippen molar-refractivity contribution in [3.8, 4) is 0 Å². The van der Waals surface area contributed by atoms with Crippen LogP contribution >= 0.6 is 11.6 Å². The van der Waals surface area contributed by atoms with Crippen molar-refractivity contribution < 1.29 is 25.2 Å². The maximum atomic E-state index is 9.97. The fourth-order valence-corrected chi connectivity index (χ4v) is 0.825. The summed E-state index contributed by atoms with van der Waals surface area (Å²) >= 11 is 5.35. The fourth-order valence-electron chi connectivity index (χ4n) is 0.597. The highest BCUT2D eigenvalue weighted by Gasteiger charge is 2.29. The van der Waals surface area contributed by atoms with E-state index in [0.29, 0.717) is 0 Å². The van der Waals surface area contributed by atoms with Gasteiger partial charge in [0.2, 0.25) is 0 Å². The molecule has 4 unspecified atom stereocenters. The van der Waals surface area contributed by atoms with Crippen LogP contribution in [-0.2, 0) is 4.79 Å². The number of carbonyl (C=O) groups excluding carboxylic acids is 1. The van der Waals surface area contributed by atoms with Crippen LogP contribution in [0.15, 0.2) is 0 Å². The molecule has 5 nitrogen and oxygen atoms in total. The lowest BCUT2D eigenvalue weighted by molar-refractivity contribution is -0.117. The molecule has 4 atom stereocenters. The summed E-state index contributed by atoms with van der Waals surface area (Å²) in [7, 11) is 0. The lowest BCUT2D eigenvalue weighted by Crippen LogP contribution is -2.43. The third kappa shape index (κ3) is 3.04. The lowest BCUT2D eigenvalue weighted by Gasteiger charge is -2.21. The van der Waals surface area contributed by atoms with Crippen LogP contribution in [0.1, 0.15) is 0 Å². The summed E-state index contributed by atoms with van der Waals surface area (Å²) in [6.45, 7) is -0.685. The first-order valence-electron chi connectivity index (χ1n) is 3.29. The first-order chi connectivity index (χ1) is 5.54. The number of alkyl halides is 1. The Morgan fingerprint density at radius 1 is 1.33 bits per heavy atom. The standard InChI is InChI=1S/C6H11ClO5/c7-5(3(10)1-8)6(12)4(11)2-9/h1,3-6,9-12H,2H2. The first kappa shape index (κ1) is 11.8. The van der Waals surface area contributed by atoms with Crippen molar-refractivity contribution in [1.82, 2.24) is 0 Å². The van der Waals surface area contributed by atoms with E-state index in [2.05, 4.69) is 0 Å². The molecule has 72 valence electrons. The molecule has 12 heavy (non-hydrogen) atoms. The van der Waals surface area contributed by atoms with Gasteiger partial charge in [-0.25, -0.2) is 0 Å². The Labute approximate surface area is 74.2 Å². The van der Waals surface area contributed by atoms with Crippen LogP contribution in [0.3, 0.4) is 0 Å². The van der Waals surface area contributed by atoms with E-state index in [1.54, 1.807) is 0 Å². The monoisotopic (exact) mass is 198 g/mol. The summed E-state index contributed by atoms with van der Waals surface area (Å²) in [5, 5.41) is 33.7. The molecule has 0 spiro atoms. The smallest absolute Gasteiger partial charge is 0.150 e. The molecular weight excluding hydrogens is 188 g/mol. The van der Waals surface area contributed by atoms with E-state index in [9.17, 15) is 4.79 Å². The number of halogens is 1. The number of aliphatic hydroxyl groups is 4. The summed E-state index contributed by atoms with van der Waals surface area (Å²) < 4.78 is 0. The van der Waals surface area contributed by atoms with Crippen LogP contribution in [0, 0.1) is 0 Å². The molecule has 6 heteroatoms. The van der Waals surface area contributed by atoms with Crippen molar-refractivity contribution >= 4 is 17.9 Å². The van der Waals surface area contributed by atoms with E-state index in [1.165, 1.54) is 0 Å². The third-order valence-electron chi connectivity index (χ3n) is 1.37. The summed E-state index contributed by atoms with van der Waals surface area (Å²) in [6.07, 6.45) is -4.40. The highest BCUT2D eigenvalue weighted by atomic mass is 35.5. The summed E-state index contributed by atoms with van der Waals surface area (Å²) in [5.74, 6) is 0. The van der Waals surface area contributed by atoms with Crippen molar-refractivity contribution in [2.45, 2.75) is 23.7 Å². The van der Waals surface area contributed by atoms with E-state index in [-0.39, 0.29) is 6.29 Å². The Morgan fingerprint density at radius 2 is 1.83 bits per heavy atom. The predicted octanol–water partition coefficient (Wildman–Crippen LogP) is -2.13. The van der Waals surface area contributed by atoms with Crippen molar-refractivity contribution in [3.05, 3.63) is 0 Å². The normalized spacial score (nSPS) is 21.1. The van der Waals surface area contributed by atoms with Gasteiger partial charge < -0.3 is 25.2 Å². The quantitative estimate of drug-likeness (QED) is 0.299. The molecule has 0 bridgehead atoms. The van der Waals surface area contributed by atoms with Crippen LogP contribution in [-0.4, -0.2) is 57.0 Å². The van der Waals surface area contributed by atoms with Gasteiger partial charge in [-0.3, -0.25) is 0 Å². The third-order valence-corrected chi connectivity index (χ3v) is 1.89. The second kappa shape index (κ2) is 5.45. The average molecular weight is 199 g/mol. The van der Waals surface area contributed by atoms with E-state index in [4.69, 9.17) is 32.0 Å². The van der Waals surface area contributed by atoms with E-state index in [0.717, 1.165) is 0 Å². The summed E-state index contributed by atoms with van der Waals surface area (Å²) in [6, 6.07) is 0. The molecule has 0 aromatic carbocycles. The second-order valence-electron chi connectivity index (χ2n) is 2.31. The van der Waals surface area contributed by atoms with Crippen LogP contribution in [0.25, 0.3) is 0 Å². The maximum absolute atomic E-state index is 9.97. The topological polar surface area (TPSA) is 98.0 Å². The molecule has 0 amide bonds. The zero-order valence-electron chi connectivity index (χ0n) is 6.17. The molecule has 0 aromatic rings. The molecule has 0 saturated carbocycles. The molecule has 0 aliphatic heterocycles. The molecule has 0 aromatic heterocycles. The molecule has 0 saturated heterocycles. The van der Waals surface area contributed by atoms with Crippen LogP contribution in [0.4, 0.5) is 0 Å². The molecule has 0 heterocycles. The molecule has 0 fully saturated rings. The number of rotatable bonds is 5. The number of hydrogen-bond donors (Lipinski definition) is 4. The highest BCUT2D eigenvalue weighted by molar-refractivity contribution is 6.22. The van der Waals surface area contributed by atoms with Gasteiger partial charge in [0.1, 0.15) is 24.6 Å². The molecular formula is C6H11ClO5. The zero-order chi connectivity index (χ0) is 9.72.